The Balaban J connectivity index is 2.07. The van der Waals surface area contributed by atoms with E-state index in [1.165, 1.54) is 0 Å². The molecule has 0 amide bonds. The molecule has 2 atom stereocenters. The van der Waals surface area contributed by atoms with E-state index >= 15 is 0 Å². The Kier molecular flexibility index (Phi) is 4.19. The second kappa shape index (κ2) is 5.85. The number of morpholine rings is 1. The first kappa shape index (κ1) is 12.9. The third kappa shape index (κ3) is 2.81. The third-order valence-corrected chi connectivity index (χ3v) is 3.34. The molecule has 0 aliphatic carbocycles. The molecule has 2 N–H and O–H groups in total. The number of benzene rings is 1. The second-order valence-electron chi connectivity index (χ2n) is 4.54. The summed E-state index contributed by atoms with van der Waals surface area (Å²) in [6.07, 6.45) is 0.615. The van der Waals surface area contributed by atoms with E-state index in [-0.39, 0.29) is 12.1 Å². The van der Waals surface area contributed by atoms with Crippen LogP contribution in [0.4, 0.5) is 5.69 Å². The molecule has 0 saturated carbocycles. The fourth-order valence-electron chi connectivity index (χ4n) is 2.13. The molecule has 18 heavy (non-hydrogen) atoms. The van der Waals surface area contributed by atoms with E-state index in [1.807, 2.05) is 0 Å². The highest BCUT2D eigenvalue weighted by molar-refractivity contribution is 5.48. The predicted octanol–water partition coefficient (Wildman–Crippen LogP) is 1.83. The minimum atomic E-state index is -0.323. The number of nitriles is 1. The number of nitrogens with two attached hydrogens (primary N) is 1. The van der Waals surface area contributed by atoms with E-state index in [4.69, 9.17) is 15.7 Å². The Labute approximate surface area is 108 Å². The molecule has 1 fully saturated rings. The molecule has 1 aromatic carbocycles. The normalized spacial score (nSPS) is 21.4. The zero-order valence-electron chi connectivity index (χ0n) is 10.7. The first-order valence-electron chi connectivity index (χ1n) is 6.36. The molecule has 0 bridgehead atoms. The topological polar surface area (TPSA) is 62.3 Å². The summed E-state index contributed by atoms with van der Waals surface area (Å²) in [7, 11) is 0. The lowest BCUT2D eigenvalue weighted by Gasteiger charge is -2.31. The predicted molar refractivity (Wildman–Crippen MR) is 71.2 cm³/mol. The summed E-state index contributed by atoms with van der Waals surface area (Å²) >= 11 is 0. The summed E-state index contributed by atoms with van der Waals surface area (Å²) in [6, 6.07) is 10.6. The van der Waals surface area contributed by atoms with E-state index in [9.17, 15) is 0 Å². The van der Waals surface area contributed by atoms with Gasteiger partial charge in [0.05, 0.1) is 19.2 Å². The zero-order chi connectivity index (χ0) is 13.0. The Morgan fingerprint density at radius 3 is 2.83 bits per heavy atom. The summed E-state index contributed by atoms with van der Waals surface area (Å²) in [5.41, 5.74) is 8.28. The van der Waals surface area contributed by atoms with Crippen LogP contribution in [-0.2, 0) is 4.74 Å². The average molecular weight is 245 g/mol. The molecule has 96 valence electrons. The van der Waals surface area contributed by atoms with Crippen LogP contribution < -0.4 is 10.6 Å². The Morgan fingerprint density at radius 1 is 1.50 bits per heavy atom. The molecule has 1 saturated heterocycles. The van der Waals surface area contributed by atoms with E-state index in [0.717, 1.165) is 24.2 Å². The van der Waals surface area contributed by atoms with E-state index in [1.54, 1.807) is 0 Å². The molecule has 1 aliphatic rings. The summed E-state index contributed by atoms with van der Waals surface area (Å²) in [6.45, 7) is 4.15. The van der Waals surface area contributed by atoms with E-state index in [2.05, 4.69) is 42.2 Å². The second-order valence-corrected chi connectivity index (χ2v) is 4.54. The van der Waals surface area contributed by atoms with Crippen LogP contribution in [-0.4, -0.2) is 25.8 Å². The van der Waals surface area contributed by atoms with Crippen LogP contribution in [0.5, 0.6) is 0 Å². The molecular weight excluding hydrogens is 226 g/mol. The van der Waals surface area contributed by atoms with Gasteiger partial charge in [0.15, 0.2) is 6.10 Å². The van der Waals surface area contributed by atoms with Crippen LogP contribution in [0.1, 0.15) is 24.9 Å². The molecular formula is C14H19N3O. The maximum atomic E-state index is 8.89. The van der Waals surface area contributed by atoms with Gasteiger partial charge in [-0.3, -0.25) is 0 Å². The number of anilines is 1. The largest absolute Gasteiger partial charge is 0.366 e. The van der Waals surface area contributed by atoms with Gasteiger partial charge in [-0.1, -0.05) is 19.1 Å². The molecule has 2 rings (SSSR count). The van der Waals surface area contributed by atoms with Gasteiger partial charge in [-0.2, -0.15) is 5.26 Å². The third-order valence-electron chi connectivity index (χ3n) is 3.34. The lowest BCUT2D eigenvalue weighted by atomic mass is 10.0. The highest BCUT2D eigenvalue weighted by Crippen LogP contribution is 2.21. The first-order chi connectivity index (χ1) is 8.74. The number of hydrogen-bond donors (Lipinski definition) is 1. The molecule has 0 aromatic heterocycles. The SMILES string of the molecule is CCC(N)c1ccc(N2CCOC(C#N)C2)cc1. The molecule has 1 heterocycles. The van der Waals surface area contributed by atoms with Crippen molar-refractivity contribution in [2.75, 3.05) is 24.6 Å². The van der Waals surface area contributed by atoms with Gasteiger partial charge in [0.25, 0.3) is 0 Å². The van der Waals surface area contributed by atoms with Gasteiger partial charge < -0.3 is 15.4 Å². The van der Waals surface area contributed by atoms with Gasteiger partial charge in [0, 0.05) is 18.3 Å². The van der Waals surface area contributed by atoms with Crippen molar-refractivity contribution in [2.24, 2.45) is 5.73 Å². The number of rotatable bonds is 3. The van der Waals surface area contributed by atoms with Gasteiger partial charge in [-0.25, -0.2) is 0 Å². The van der Waals surface area contributed by atoms with Crippen LogP contribution in [0.15, 0.2) is 24.3 Å². The minimum absolute atomic E-state index is 0.107. The van der Waals surface area contributed by atoms with Gasteiger partial charge in [0.1, 0.15) is 0 Å². The van der Waals surface area contributed by atoms with Crippen molar-refractivity contribution in [2.45, 2.75) is 25.5 Å². The Bertz CT molecular complexity index is 424. The van der Waals surface area contributed by atoms with Crippen LogP contribution in [0.3, 0.4) is 0 Å². The van der Waals surface area contributed by atoms with E-state index < -0.39 is 0 Å². The lowest BCUT2D eigenvalue weighted by Crippen LogP contribution is -2.41. The quantitative estimate of drug-likeness (QED) is 0.882. The smallest absolute Gasteiger partial charge is 0.161 e. The fourth-order valence-corrected chi connectivity index (χ4v) is 2.13. The Morgan fingerprint density at radius 2 is 2.22 bits per heavy atom. The highest BCUT2D eigenvalue weighted by atomic mass is 16.5. The molecule has 0 radical (unpaired) electrons. The summed E-state index contributed by atoms with van der Waals surface area (Å²) in [5, 5.41) is 8.89. The van der Waals surface area contributed by atoms with Crippen molar-refractivity contribution in [3.63, 3.8) is 0 Å². The maximum absolute atomic E-state index is 8.89. The van der Waals surface area contributed by atoms with Crippen LogP contribution in [0.2, 0.25) is 0 Å². The van der Waals surface area contributed by atoms with E-state index in [0.29, 0.717) is 13.2 Å². The summed E-state index contributed by atoms with van der Waals surface area (Å²) < 4.78 is 5.34. The minimum Gasteiger partial charge on any atom is -0.366 e. The standard InChI is InChI=1S/C14H19N3O/c1-2-14(16)11-3-5-12(6-4-11)17-7-8-18-13(9-15)10-17/h3-6,13-14H,2,7-8,10,16H2,1H3. The van der Waals surface area contributed by atoms with Crippen LogP contribution in [0, 0.1) is 11.3 Å². The molecule has 4 nitrogen and oxygen atoms in total. The van der Waals surface area contributed by atoms with Crippen molar-refractivity contribution >= 4 is 5.69 Å². The van der Waals surface area contributed by atoms with Crippen molar-refractivity contribution in [1.29, 1.82) is 5.26 Å². The van der Waals surface area contributed by atoms with Gasteiger partial charge in [0.2, 0.25) is 0 Å². The number of hydrogen-bond acceptors (Lipinski definition) is 4. The molecule has 4 heteroatoms. The zero-order valence-corrected chi connectivity index (χ0v) is 10.7. The Hall–Kier alpha value is -1.57. The maximum Gasteiger partial charge on any atom is 0.161 e. The number of nitrogens with zero attached hydrogens (tertiary/aromatic N) is 2. The van der Waals surface area contributed by atoms with Gasteiger partial charge in [-0.05, 0) is 24.1 Å². The fraction of sp³-hybridized carbons (Fsp3) is 0.500. The average Bonchev–Trinajstić information content (AvgIpc) is 2.46. The van der Waals surface area contributed by atoms with Crippen LogP contribution >= 0.6 is 0 Å². The van der Waals surface area contributed by atoms with Crippen LogP contribution in [0.25, 0.3) is 0 Å². The molecule has 0 spiro atoms. The number of ether oxygens (including phenoxy) is 1. The van der Waals surface area contributed by atoms with Gasteiger partial charge in [-0.15, -0.1) is 0 Å². The van der Waals surface area contributed by atoms with Crippen molar-refractivity contribution in [1.82, 2.24) is 0 Å². The first-order valence-corrected chi connectivity index (χ1v) is 6.36. The monoisotopic (exact) mass is 245 g/mol. The summed E-state index contributed by atoms with van der Waals surface area (Å²) in [4.78, 5) is 2.18. The summed E-state index contributed by atoms with van der Waals surface area (Å²) in [5.74, 6) is 0. The van der Waals surface area contributed by atoms with Crippen molar-refractivity contribution in [3.8, 4) is 6.07 Å². The van der Waals surface area contributed by atoms with Crippen molar-refractivity contribution in [3.05, 3.63) is 29.8 Å². The van der Waals surface area contributed by atoms with Gasteiger partial charge >= 0.3 is 0 Å². The molecule has 1 aromatic rings. The molecule has 2 unspecified atom stereocenters. The molecule has 1 aliphatic heterocycles. The highest BCUT2D eigenvalue weighted by Gasteiger charge is 2.20. The lowest BCUT2D eigenvalue weighted by molar-refractivity contribution is 0.0764. The van der Waals surface area contributed by atoms with Crippen molar-refractivity contribution < 1.29 is 4.74 Å².